The third-order valence-corrected chi connectivity index (χ3v) is 2.71. The molecule has 1 heterocycles. The van der Waals surface area contributed by atoms with E-state index in [2.05, 4.69) is 10.6 Å². The van der Waals surface area contributed by atoms with Gasteiger partial charge in [0.2, 0.25) is 5.54 Å². The van der Waals surface area contributed by atoms with Crippen molar-refractivity contribution in [2.24, 2.45) is 5.73 Å². The highest BCUT2D eigenvalue weighted by Crippen LogP contribution is 2.27. The van der Waals surface area contributed by atoms with Crippen LogP contribution in [0.4, 0.5) is 4.79 Å². The molecule has 18 heavy (non-hydrogen) atoms. The number of hydrogen-bond acceptors (Lipinski definition) is 4. The van der Waals surface area contributed by atoms with Crippen LogP contribution >= 0.6 is 0 Å². The predicted octanol–water partition coefficient (Wildman–Crippen LogP) is -0.770. The number of carbonyl (C=O) groups excluding carboxylic acids is 3. The Morgan fingerprint density at radius 1 is 1.33 bits per heavy atom. The average molecular weight is 248 g/mol. The second-order valence-corrected chi connectivity index (χ2v) is 3.69. The standard InChI is InChI=1S/C11H10N3O4/c1-18-7-4-2-6(3-5-7)11(8(12)15)9(16)13-10(17)14-11/h2-5H,1H3,(H2,12,15)(H,14,17)/t11-/m1/s1. The van der Waals surface area contributed by atoms with Crippen molar-refractivity contribution in [3.05, 3.63) is 29.8 Å². The number of urea groups is 1. The van der Waals surface area contributed by atoms with Gasteiger partial charge in [-0.15, -0.1) is 0 Å². The second-order valence-electron chi connectivity index (χ2n) is 3.69. The summed E-state index contributed by atoms with van der Waals surface area (Å²) >= 11 is 0. The lowest BCUT2D eigenvalue weighted by Gasteiger charge is -2.22. The molecule has 0 spiro atoms. The Bertz CT molecular complexity index is 526. The topological polar surface area (TPSA) is 113 Å². The van der Waals surface area contributed by atoms with Crippen LogP contribution in [0.1, 0.15) is 5.56 Å². The Hall–Kier alpha value is -2.57. The molecule has 7 heteroatoms. The molecule has 0 saturated carbocycles. The molecule has 4 amide bonds. The molecule has 1 saturated heterocycles. The highest BCUT2D eigenvalue weighted by atomic mass is 16.5. The van der Waals surface area contributed by atoms with Gasteiger partial charge in [-0.25, -0.2) is 4.79 Å². The van der Waals surface area contributed by atoms with Gasteiger partial charge in [-0.2, -0.15) is 5.32 Å². The summed E-state index contributed by atoms with van der Waals surface area (Å²) in [5.41, 5.74) is 3.55. The zero-order valence-corrected chi connectivity index (χ0v) is 9.47. The lowest BCUT2D eigenvalue weighted by molar-refractivity contribution is -0.134. The van der Waals surface area contributed by atoms with Crippen LogP contribution < -0.4 is 21.1 Å². The second kappa shape index (κ2) is 4.02. The van der Waals surface area contributed by atoms with Gasteiger partial charge in [-0.3, -0.25) is 9.59 Å². The molecule has 2 rings (SSSR count). The Morgan fingerprint density at radius 2 is 1.94 bits per heavy atom. The first-order valence-corrected chi connectivity index (χ1v) is 5.03. The van der Waals surface area contributed by atoms with Crippen LogP contribution in [0.3, 0.4) is 0 Å². The Kier molecular flexibility index (Phi) is 2.66. The number of amides is 4. The molecular weight excluding hydrogens is 238 g/mol. The number of nitrogens with two attached hydrogens (primary N) is 1. The lowest BCUT2D eigenvalue weighted by atomic mass is 9.89. The van der Waals surface area contributed by atoms with Crippen LogP contribution in [0.25, 0.3) is 0 Å². The molecule has 0 bridgehead atoms. The first-order chi connectivity index (χ1) is 8.50. The molecule has 1 atom stereocenters. The van der Waals surface area contributed by atoms with Gasteiger partial charge < -0.3 is 15.8 Å². The summed E-state index contributed by atoms with van der Waals surface area (Å²) in [7, 11) is 1.48. The van der Waals surface area contributed by atoms with Crippen molar-refractivity contribution in [1.29, 1.82) is 0 Å². The Morgan fingerprint density at radius 3 is 2.33 bits per heavy atom. The largest absolute Gasteiger partial charge is 0.497 e. The zero-order valence-electron chi connectivity index (χ0n) is 9.47. The summed E-state index contributed by atoms with van der Waals surface area (Å²) in [6.45, 7) is 0. The fourth-order valence-electron chi connectivity index (χ4n) is 1.76. The maximum absolute atomic E-state index is 11.7. The van der Waals surface area contributed by atoms with E-state index in [4.69, 9.17) is 10.5 Å². The molecule has 3 N–H and O–H groups in total. The van der Waals surface area contributed by atoms with Gasteiger partial charge >= 0.3 is 6.03 Å². The first-order valence-electron chi connectivity index (χ1n) is 5.03. The van der Waals surface area contributed by atoms with Crippen LogP contribution in [0, 0.1) is 0 Å². The molecule has 1 aromatic rings. The van der Waals surface area contributed by atoms with Crippen molar-refractivity contribution in [3.8, 4) is 5.75 Å². The zero-order chi connectivity index (χ0) is 13.3. The van der Waals surface area contributed by atoms with Crippen LogP contribution in [0.5, 0.6) is 5.75 Å². The monoisotopic (exact) mass is 248 g/mol. The molecule has 0 aliphatic carbocycles. The minimum absolute atomic E-state index is 0.246. The number of rotatable bonds is 3. The van der Waals surface area contributed by atoms with Crippen LogP contribution in [-0.4, -0.2) is 25.0 Å². The highest BCUT2D eigenvalue weighted by Gasteiger charge is 2.54. The minimum Gasteiger partial charge on any atom is -0.497 e. The number of hydrogen-bond donors (Lipinski definition) is 2. The number of nitrogens with one attached hydrogen (secondary N) is 1. The highest BCUT2D eigenvalue weighted by molar-refractivity contribution is 6.19. The number of nitrogens with zero attached hydrogens (tertiary/aromatic N) is 1. The molecule has 7 nitrogen and oxygen atoms in total. The summed E-state index contributed by atoms with van der Waals surface area (Å²) in [4.78, 5) is 34.4. The molecule has 1 aliphatic heterocycles. The minimum atomic E-state index is -1.91. The molecule has 93 valence electrons. The lowest BCUT2D eigenvalue weighted by Crippen LogP contribution is -2.54. The van der Waals surface area contributed by atoms with E-state index in [1.54, 1.807) is 12.1 Å². The average Bonchev–Trinajstić information content (AvgIpc) is 2.65. The van der Waals surface area contributed by atoms with Crippen molar-refractivity contribution >= 4 is 17.8 Å². The van der Waals surface area contributed by atoms with E-state index < -0.39 is 23.4 Å². The van der Waals surface area contributed by atoms with E-state index in [-0.39, 0.29) is 5.56 Å². The van der Waals surface area contributed by atoms with E-state index in [9.17, 15) is 14.4 Å². The molecule has 0 unspecified atom stereocenters. The number of carbonyl (C=O) groups is 3. The summed E-state index contributed by atoms with van der Waals surface area (Å²) < 4.78 is 4.96. The third-order valence-electron chi connectivity index (χ3n) is 2.71. The van der Waals surface area contributed by atoms with Gasteiger partial charge in [0.15, 0.2) is 0 Å². The van der Waals surface area contributed by atoms with Gasteiger partial charge in [-0.05, 0) is 17.7 Å². The number of imide groups is 1. The summed E-state index contributed by atoms with van der Waals surface area (Å²) in [5.74, 6) is -1.34. The van der Waals surface area contributed by atoms with Crippen molar-refractivity contribution in [3.63, 3.8) is 0 Å². The van der Waals surface area contributed by atoms with E-state index in [0.717, 1.165) is 0 Å². The van der Waals surface area contributed by atoms with Crippen molar-refractivity contribution in [2.75, 3.05) is 7.11 Å². The van der Waals surface area contributed by atoms with Crippen LogP contribution in [0.2, 0.25) is 0 Å². The molecule has 1 aliphatic rings. The Balaban J connectivity index is 2.51. The quantitative estimate of drug-likeness (QED) is 0.540. The Labute approximate surface area is 102 Å². The molecular formula is C11H10N3O4. The van der Waals surface area contributed by atoms with Crippen LogP contribution in [0.15, 0.2) is 24.3 Å². The van der Waals surface area contributed by atoms with Gasteiger partial charge in [0, 0.05) is 0 Å². The fourth-order valence-corrected chi connectivity index (χ4v) is 1.76. The summed E-state index contributed by atoms with van der Waals surface area (Å²) in [6, 6.07) is 5.18. The van der Waals surface area contributed by atoms with Crippen molar-refractivity contribution in [2.45, 2.75) is 5.54 Å². The molecule has 1 aromatic carbocycles. The van der Waals surface area contributed by atoms with E-state index in [1.807, 2.05) is 0 Å². The number of benzene rings is 1. The summed E-state index contributed by atoms with van der Waals surface area (Å²) in [6.07, 6.45) is 0. The van der Waals surface area contributed by atoms with Gasteiger partial charge in [0.05, 0.1) is 7.11 Å². The summed E-state index contributed by atoms with van der Waals surface area (Å²) in [5, 5.41) is 5.36. The maximum atomic E-state index is 11.7. The first kappa shape index (κ1) is 11.9. The predicted molar refractivity (Wildman–Crippen MR) is 59.5 cm³/mol. The smallest absolute Gasteiger partial charge is 0.345 e. The fraction of sp³-hybridized carbons (Fsp3) is 0.182. The number of primary amides is 1. The molecule has 0 aromatic heterocycles. The van der Waals surface area contributed by atoms with Gasteiger partial charge in [0.25, 0.3) is 11.8 Å². The number of ether oxygens (including phenoxy) is 1. The SMILES string of the molecule is COc1ccc([C@]2(C(N)=O)NC(=O)[N]C2=O)cc1. The van der Waals surface area contributed by atoms with E-state index in [0.29, 0.717) is 5.75 Å². The third kappa shape index (κ3) is 1.56. The van der Waals surface area contributed by atoms with E-state index >= 15 is 0 Å². The molecule has 1 radical (unpaired) electrons. The van der Waals surface area contributed by atoms with Crippen LogP contribution in [-0.2, 0) is 15.1 Å². The van der Waals surface area contributed by atoms with Crippen molar-refractivity contribution < 1.29 is 19.1 Å². The van der Waals surface area contributed by atoms with Crippen molar-refractivity contribution in [1.82, 2.24) is 10.6 Å². The van der Waals surface area contributed by atoms with Gasteiger partial charge in [-0.1, -0.05) is 12.1 Å². The number of methoxy groups -OCH3 is 1. The van der Waals surface area contributed by atoms with E-state index in [1.165, 1.54) is 19.2 Å². The maximum Gasteiger partial charge on any atom is 0.345 e. The van der Waals surface area contributed by atoms with Gasteiger partial charge in [0.1, 0.15) is 5.75 Å². The molecule has 1 fully saturated rings. The normalized spacial score (nSPS) is 22.3.